The number of fused-ring (bicyclic) bond motifs is 1. The van der Waals surface area contributed by atoms with Crippen molar-refractivity contribution >= 4 is 0 Å². The standard InChI is InChI=1S/C24H32F2N2O/c1-24(2,3)13-15-7-8-16-5-4-6-21(20(16)9-15)28-14-22(29)23(27)17-10-18(25)12-19(26)11-17/h7-12,21-23,28-29H,4-6,13-14,27H2,1-3H3/t21-,22+,23?/m0/s1. The van der Waals surface area contributed by atoms with Crippen LogP contribution in [0, 0.1) is 17.0 Å². The predicted molar refractivity (Wildman–Crippen MR) is 113 cm³/mol. The third-order valence-electron chi connectivity index (χ3n) is 5.52. The molecule has 5 heteroatoms. The Morgan fingerprint density at radius 3 is 2.48 bits per heavy atom. The van der Waals surface area contributed by atoms with E-state index in [1.165, 1.54) is 28.8 Å². The van der Waals surface area contributed by atoms with E-state index in [-0.39, 0.29) is 23.6 Å². The Kier molecular flexibility index (Phi) is 6.72. The maximum Gasteiger partial charge on any atom is 0.126 e. The fraction of sp³-hybridized carbons (Fsp3) is 0.500. The van der Waals surface area contributed by atoms with E-state index < -0.39 is 23.8 Å². The molecule has 0 heterocycles. The molecule has 0 radical (unpaired) electrons. The van der Waals surface area contributed by atoms with Crippen molar-refractivity contribution in [2.45, 2.75) is 64.6 Å². The van der Waals surface area contributed by atoms with Crippen LogP contribution in [0.5, 0.6) is 0 Å². The lowest BCUT2D eigenvalue weighted by molar-refractivity contribution is 0.137. The number of nitrogens with two attached hydrogens (primary N) is 1. The molecule has 3 atom stereocenters. The first-order valence-corrected chi connectivity index (χ1v) is 10.4. The zero-order valence-corrected chi connectivity index (χ0v) is 17.5. The maximum absolute atomic E-state index is 13.5. The molecule has 1 aliphatic carbocycles. The fourth-order valence-corrected chi connectivity index (χ4v) is 4.16. The summed E-state index contributed by atoms with van der Waals surface area (Å²) in [5, 5.41) is 13.9. The molecule has 1 aliphatic rings. The van der Waals surface area contributed by atoms with Crippen LogP contribution in [-0.2, 0) is 12.8 Å². The summed E-state index contributed by atoms with van der Waals surface area (Å²) in [4.78, 5) is 0. The summed E-state index contributed by atoms with van der Waals surface area (Å²) in [6, 6.07) is 9.16. The molecular formula is C24H32F2N2O. The SMILES string of the molecule is CC(C)(C)Cc1ccc2c(c1)[C@@H](NC[C@@H](O)C(N)c1cc(F)cc(F)c1)CCC2. The van der Waals surface area contributed by atoms with Crippen LogP contribution in [0.2, 0.25) is 0 Å². The van der Waals surface area contributed by atoms with E-state index in [2.05, 4.69) is 44.3 Å². The minimum absolute atomic E-state index is 0.143. The second-order valence-corrected chi connectivity index (χ2v) is 9.42. The Morgan fingerprint density at radius 2 is 1.83 bits per heavy atom. The summed E-state index contributed by atoms with van der Waals surface area (Å²) in [7, 11) is 0. The number of nitrogens with one attached hydrogen (secondary N) is 1. The number of aryl methyl sites for hydroxylation is 1. The number of rotatable bonds is 6. The summed E-state index contributed by atoms with van der Waals surface area (Å²) < 4.78 is 26.9. The van der Waals surface area contributed by atoms with Gasteiger partial charge in [-0.15, -0.1) is 0 Å². The van der Waals surface area contributed by atoms with Crippen LogP contribution >= 0.6 is 0 Å². The molecule has 2 aromatic carbocycles. The number of benzene rings is 2. The van der Waals surface area contributed by atoms with Gasteiger partial charge in [-0.1, -0.05) is 39.0 Å². The van der Waals surface area contributed by atoms with Gasteiger partial charge in [-0.25, -0.2) is 8.78 Å². The van der Waals surface area contributed by atoms with E-state index in [9.17, 15) is 13.9 Å². The van der Waals surface area contributed by atoms with E-state index in [4.69, 9.17) is 5.73 Å². The lowest BCUT2D eigenvalue weighted by atomic mass is 9.82. The molecule has 29 heavy (non-hydrogen) atoms. The average molecular weight is 403 g/mol. The molecule has 4 N–H and O–H groups in total. The van der Waals surface area contributed by atoms with Crippen LogP contribution in [-0.4, -0.2) is 17.8 Å². The van der Waals surface area contributed by atoms with Crippen molar-refractivity contribution in [2.24, 2.45) is 11.1 Å². The Hall–Kier alpha value is -1.82. The van der Waals surface area contributed by atoms with Gasteiger partial charge in [-0.2, -0.15) is 0 Å². The van der Waals surface area contributed by atoms with Crippen LogP contribution in [0.3, 0.4) is 0 Å². The Labute approximate surface area is 172 Å². The number of halogens is 2. The summed E-state index contributed by atoms with van der Waals surface area (Å²) in [5.74, 6) is -1.38. The van der Waals surface area contributed by atoms with Crippen molar-refractivity contribution in [2.75, 3.05) is 6.54 Å². The van der Waals surface area contributed by atoms with Gasteiger partial charge in [0.05, 0.1) is 12.1 Å². The quantitative estimate of drug-likeness (QED) is 0.663. The zero-order valence-electron chi connectivity index (χ0n) is 17.5. The number of aliphatic hydroxyl groups is 1. The highest BCUT2D eigenvalue weighted by Gasteiger charge is 2.24. The Morgan fingerprint density at radius 1 is 1.14 bits per heavy atom. The summed E-state index contributed by atoms with van der Waals surface area (Å²) in [6.07, 6.45) is 3.20. The normalized spacial score (nSPS) is 18.9. The summed E-state index contributed by atoms with van der Waals surface area (Å²) in [5.41, 5.74) is 10.5. The lowest BCUT2D eigenvalue weighted by Crippen LogP contribution is -2.38. The molecule has 3 nitrogen and oxygen atoms in total. The van der Waals surface area contributed by atoms with Gasteiger partial charge in [0, 0.05) is 18.7 Å². The Bertz CT molecular complexity index is 827. The number of hydrogen-bond acceptors (Lipinski definition) is 3. The molecule has 0 saturated carbocycles. The third-order valence-corrected chi connectivity index (χ3v) is 5.52. The van der Waals surface area contributed by atoms with Crippen molar-refractivity contribution in [3.05, 3.63) is 70.3 Å². The van der Waals surface area contributed by atoms with E-state index in [0.717, 1.165) is 31.7 Å². The van der Waals surface area contributed by atoms with Crippen molar-refractivity contribution in [1.82, 2.24) is 5.32 Å². The first-order valence-electron chi connectivity index (χ1n) is 10.4. The second kappa shape index (κ2) is 8.90. The second-order valence-electron chi connectivity index (χ2n) is 9.42. The van der Waals surface area contributed by atoms with Crippen molar-refractivity contribution < 1.29 is 13.9 Å². The Balaban J connectivity index is 1.69. The molecule has 2 aromatic rings. The largest absolute Gasteiger partial charge is 0.390 e. The van der Waals surface area contributed by atoms with Crippen LogP contribution < -0.4 is 11.1 Å². The molecule has 0 fully saturated rings. The van der Waals surface area contributed by atoms with Gasteiger partial charge in [-0.3, -0.25) is 0 Å². The third kappa shape index (κ3) is 5.84. The molecule has 0 saturated heterocycles. The van der Waals surface area contributed by atoms with Gasteiger partial charge in [-0.05, 0) is 65.5 Å². The molecule has 0 spiro atoms. The lowest BCUT2D eigenvalue weighted by Gasteiger charge is -2.30. The monoisotopic (exact) mass is 402 g/mol. The van der Waals surface area contributed by atoms with Crippen LogP contribution in [0.15, 0.2) is 36.4 Å². The first-order chi connectivity index (χ1) is 13.6. The van der Waals surface area contributed by atoms with Gasteiger partial charge in [0.15, 0.2) is 0 Å². The molecule has 3 rings (SSSR count). The summed E-state index contributed by atoms with van der Waals surface area (Å²) in [6.45, 7) is 6.95. The van der Waals surface area contributed by atoms with Crippen LogP contribution in [0.4, 0.5) is 8.78 Å². The van der Waals surface area contributed by atoms with E-state index >= 15 is 0 Å². The smallest absolute Gasteiger partial charge is 0.126 e. The van der Waals surface area contributed by atoms with Crippen molar-refractivity contribution in [3.63, 3.8) is 0 Å². The van der Waals surface area contributed by atoms with Crippen LogP contribution in [0.1, 0.15) is 68.0 Å². The van der Waals surface area contributed by atoms with Crippen molar-refractivity contribution in [3.8, 4) is 0 Å². The van der Waals surface area contributed by atoms with Gasteiger partial charge in [0.25, 0.3) is 0 Å². The predicted octanol–water partition coefficient (Wildman–Crippen LogP) is 4.58. The minimum atomic E-state index is -0.945. The molecule has 0 aromatic heterocycles. The number of aliphatic hydroxyl groups excluding tert-OH is 1. The van der Waals surface area contributed by atoms with Gasteiger partial charge >= 0.3 is 0 Å². The highest BCUT2D eigenvalue weighted by Crippen LogP contribution is 2.32. The molecule has 0 aliphatic heterocycles. The highest BCUT2D eigenvalue weighted by atomic mass is 19.1. The first kappa shape index (κ1) is 21.9. The van der Waals surface area contributed by atoms with Gasteiger partial charge in [0.1, 0.15) is 11.6 Å². The van der Waals surface area contributed by atoms with Gasteiger partial charge < -0.3 is 16.2 Å². The van der Waals surface area contributed by atoms with E-state index in [0.29, 0.717) is 0 Å². The topological polar surface area (TPSA) is 58.3 Å². The fourth-order valence-electron chi connectivity index (χ4n) is 4.16. The molecule has 0 bridgehead atoms. The average Bonchev–Trinajstić information content (AvgIpc) is 2.63. The van der Waals surface area contributed by atoms with Crippen LogP contribution in [0.25, 0.3) is 0 Å². The molecule has 0 amide bonds. The van der Waals surface area contributed by atoms with E-state index in [1.54, 1.807) is 0 Å². The summed E-state index contributed by atoms with van der Waals surface area (Å²) >= 11 is 0. The number of hydrogen-bond donors (Lipinski definition) is 3. The molecule has 1 unspecified atom stereocenters. The molecular weight excluding hydrogens is 370 g/mol. The maximum atomic E-state index is 13.5. The molecule has 158 valence electrons. The highest BCUT2D eigenvalue weighted by molar-refractivity contribution is 5.36. The minimum Gasteiger partial charge on any atom is -0.390 e. The van der Waals surface area contributed by atoms with Gasteiger partial charge in [0.2, 0.25) is 0 Å². The van der Waals surface area contributed by atoms with E-state index in [1.807, 2.05) is 0 Å². The zero-order chi connectivity index (χ0) is 21.2. The van der Waals surface area contributed by atoms with Crippen molar-refractivity contribution in [1.29, 1.82) is 0 Å².